The second kappa shape index (κ2) is 8.55. The lowest BCUT2D eigenvalue weighted by Crippen LogP contribution is -2.38. The van der Waals surface area contributed by atoms with E-state index in [0.29, 0.717) is 41.0 Å². The molecule has 2 aromatic carbocycles. The molecule has 0 spiro atoms. The zero-order valence-electron chi connectivity index (χ0n) is 16.9. The molecule has 1 aromatic heterocycles. The van der Waals surface area contributed by atoms with E-state index in [4.69, 9.17) is 21.7 Å². The molecule has 0 unspecified atom stereocenters. The van der Waals surface area contributed by atoms with Gasteiger partial charge in [0.2, 0.25) is 0 Å². The van der Waals surface area contributed by atoms with Crippen molar-refractivity contribution in [1.29, 1.82) is 0 Å². The van der Waals surface area contributed by atoms with Gasteiger partial charge in [-0.25, -0.2) is 0 Å². The van der Waals surface area contributed by atoms with E-state index in [9.17, 15) is 5.11 Å². The molecule has 2 heterocycles. The van der Waals surface area contributed by atoms with Gasteiger partial charge in [0.05, 0.1) is 0 Å². The first-order valence-corrected chi connectivity index (χ1v) is 10.1. The molecule has 5 nitrogen and oxygen atoms in total. The van der Waals surface area contributed by atoms with Gasteiger partial charge in [0.15, 0.2) is 34.6 Å². The first-order chi connectivity index (χ1) is 14.5. The van der Waals surface area contributed by atoms with Crippen molar-refractivity contribution in [3.63, 3.8) is 0 Å². The lowest BCUT2D eigenvalue weighted by atomic mass is 10.1. The third kappa shape index (κ3) is 4.14. The summed E-state index contributed by atoms with van der Waals surface area (Å²) < 4.78 is 13.0. The average Bonchev–Trinajstić information content (AvgIpc) is 2.77. The van der Waals surface area contributed by atoms with Crippen molar-refractivity contribution in [3.05, 3.63) is 83.7 Å². The molecule has 0 saturated heterocycles. The molecule has 1 aliphatic rings. The van der Waals surface area contributed by atoms with Crippen molar-refractivity contribution in [2.75, 3.05) is 18.5 Å². The molecule has 1 aliphatic heterocycles. The smallest absolute Gasteiger partial charge is 0.288 e. The summed E-state index contributed by atoms with van der Waals surface area (Å²) in [5.41, 5.74) is 4.30. The Balaban J connectivity index is 1.75. The molecule has 0 aliphatic carbocycles. The van der Waals surface area contributed by atoms with Crippen molar-refractivity contribution in [2.45, 2.75) is 13.8 Å². The number of ether oxygens (including phenoxy) is 2. The molecule has 0 bridgehead atoms. The van der Waals surface area contributed by atoms with Gasteiger partial charge in [-0.2, -0.15) is 4.57 Å². The van der Waals surface area contributed by atoms with Gasteiger partial charge >= 0.3 is 0 Å². The largest absolute Gasteiger partial charge is 0.502 e. The first kappa shape index (κ1) is 19.9. The van der Waals surface area contributed by atoms with Crippen molar-refractivity contribution in [3.8, 4) is 11.5 Å². The Kier molecular flexibility index (Phi) is 5.68. The minimum absolute atomic E-state index is 0.0458. The number of fused-ring (bicyclic) bond motifs is 1. The zero-order chi connectivity index (χ0) is 21.1. The number of nitrogens with one attached hydrogen (secondary N) is 1. The topological polar surface area (TPSA) is 54.6 Å². The molecule has 0 fully saturated rings. The highest BCUT2D eigenvalue weighted by molar-refractivity contribution is 7.81. The van der Waals surface area contributed by atoms with Crippen LogP contribution in [0.15, 0.2) is 67.0 Å². The Morgan fingerprint density at radius 3 is 2.40 bits per heavy atom. The first-order valence-electron chi connectivity index (χ1n) is 9.71. The number of hydrogen-bond acceptors (Lipinski definition) is 4. The molecule has 0 saturated carbocycles. The van der Waals surface area contributed by atoms with Crippen LogP contribution >= 0.6 is 12.2 Å². The standard InChI is InChI=1S/C24H22N2O3S/c1-16-6-8-19(14-17(16)2)25-24(30)22(26-10-4-3-5-11-26)23(27)18-7-9-20-21(15-18)29-13-12-28-20/h3-11,14-15H,12-13H2,1-2H3,(H-,25,27,30)/p+1. The number of benzene rings is 2. The average molecular weight is 420 g/mol. The number of aryl methyl sites for hydroxylation is 2. The summed E-state index contributed by atoms with van der Waals surface area (Å²) in [7, 11) is 0. The number of thiocarbonyl (C=S) groups is 1. The number of anilines is 1. The molecule has 0 radical (unpaired) electrons. The highest BCUT2D eigenvalue weighted by Crippen LogP contribution is 2.33. The number of aliphatic hydroxyl groups excluding tert-OH is 1. The lowest BCUT2D eigenvalue weighted by molar-refractivity contribution is -0.575. The number of hydrogen-bond donors (Lipinski definition) is 2. The highest BCUT2D eigenvalue weighted by Gasteiger charge is 2.25. The van der Waals surface area contributed by atoms with Crippen LogP contribution in [0.1, 0.15) is 16.7 Å². The third-order valence-corrected chi connectivity index (χ3v) is 5.29. The number of rotatable bonds is 4. The van der Waals surface area contributed by atoms with E-state index in [1.54, 1.807) is 22.8 Å². The molecule has 4 rings (SSSR count). The van der Waals surface area contributed by atoms with Gasteiger partial charge in [-0.15, -0.1) is 0 Å². The minimum atomic E-state index is 0.0458. The van der Waals surface area contributed by atoms with E-state index in [1.807, 2.05) is 48.8 Å². The molecule has 0 atom stereocenters. The fourth-order valence-electron chi connectivity index (χ4n) is 3.23. The van der Waals surface area contributed by atoms with Crippen LogP contribution in [0.25, 0.3) is 11.5 Å². The van der Waals surface area contributed by atoms with E-state index >= 15 is 0 Å². The minimum Gasteiger partial charge on any atom is -0.502 e. The Labute approximate surface area is 181 Å². The maximum atomic E-state index is 11.2. The summed E-state index contributed by atoms with van der Waals surface area (Å²) >= 11 is 5.71. The Bertz CT molecular complexity index is 1130. The van der Waals surface area contributed by atoms with Crippen LogP contribution in [-0.2, 0) is 0 Å². The van der Waals surface area contributed by atoms with E-state index in [1.165, 1.54) is 5.56 Å². The van der Waals surface area contributed by atoms with Gasteiger partial charge < -0.3 is 19.9 Å². The van der Waals surface area contributed by atoms with Crippen molar-refractivity contribution < 1.29 is 19.1 Å². The third-order valence-electron chi connectivity index (χ3n) is 4.99. The quantitative estimate of drug-likeness (QED) is 0.278. The fourth-order valence-corrected chi connectivity index (χ4v) is 3.55. The summed E-state index contributed by atoms with van der Waals surface area (Å²) in [6.45, 7) is 5.12. The number of aliphatic hydroxyl groups is 1. The maximum absolute atomic E-state index is 11.2. The molecule has 152 valence electrons. The van der Waals surface area contributed by atoms with Gasteiger partial charge in [0, 0.05) is 23.4 Å². The van der Waals surface area contributed by atoms with Crippen LogP contribution < -0.4 is 19.4 Å². The van der Waals surface area contributed by atoms with Gasteiger partial charge in [0.25, 0.3) is 5.70 Å². The summed E-state index contributed by atoms with van der Waals surface area (Å²) in [5, 5.41) is 14.5. The van der Waals surface area contributed by atoms with E-state index in [-0.39, 0.29) is 5.76 Å². The summed E-state index contributed by atoms with van der Waals surface area (Å²) in [4.78, 5) is 0.404. The predicted octanol–water partition coefficient (Wildman–Crippen LogP) is 4.69. The number of nitrogens with zero attached hydrogens (tertiary/aromatic N) is 1. The van der Waals surface area contributed by atoms with Crippen molar-refractivity contribution in [2.24, 2.45) is 0 Å². The molecule has 2 N–H and O–H groups in total. The predicted molar refractivity (Wildman–Crippen MR) is 122 cm³/mol. The zero-order valence-corrected chi connectivity index (χ0v) is 17.7. The van der Waals surface area contributed by atoms with Gasteiger partial charge in [0.1, 0.15) is 13.2 Å². The molecular weight excluding hydrogens is 396 g/mol. The van der Waals surface area contributed by atoms with Gasteiger partial charge in [-0.1, -0.05) is 24.4 Å². The summed E-state index contributed by atoms with van der Waals surface area (Å²) in [6, 6.07) is 17.1. The fraction of sp³-hybridized carbons (Fsp3) is 0.167. The van der Waals surface area contributed by atoms with Gasteiger partial charge in [-0.05, 0) is 55.3 Å². The monoisotopic (exact) mass is 419 g/mol. The molecule has 30 heavy (non-hydrogen) atoms. The Morgan fingerprint density at radius 1 is 0.933 bits per heavy atom. The molecule has 0 amide bonds. The van der Waals surface area contributed by atoms with Crippen molar-refractivity contribution in [1.82, 2.24) is 0 Å². The van der Waals surface area contributed by atoms with Crippen LogP contribution in [0, 0.1) is 13.8 Å². The lowest BCUT2D eigenvalue weighted by Gasteiger charge is -2.19. The molecular formula is C24H23N2O3S+. The van der Waals surface area contributed by atoms with Crippen LogP contribution in [-0.4, -0.2) is 23.3 Å². The second-order valence-electron chi connectivity index (χ2n) is 7.09. The Hall–Kier alpha value is -3.38. The molecule has 3 aromatic rings. The van der Waals surface area contributed by atoms with E-state index < -0.39 is 0 Å². The van der Waals surface area contributed by atoms with Crippen LogP contribution in [0.3, 0.4) is 0 Å². The normalized spacial score (nSPS) is 13.4. The van der Waals surface area contributed by atoms with Crippen LogP contribution in [0.5, 0.6) is 11.5 Å². The van der Waals surface area contributed by atoms with Gasteiger partial charge in [-0.3, -0.25) is 0 Å². The second-order valence-corrected chi connectivity index (χ2v) is 7.50. The van der Waals surface area contributed by atoms with Crippen LogP contribution in [0.4, 0.5) is 5.69 Å². The van der Waals surface area contributed by atoms with E-state index in [0.717, 1.165) is 11.3 Å². The van der Waals surface area contributed by atoms with Crippen molar-refractivity contribution >= 4 is 34.3 Å². The maximum Gasteiger partial charge on any atom is 0.288 e. The van der Waals surface area contributed by atoms with Crippen LogP contribution in [0.2, 0.25) is 0 Å². The summed E-state index contributed by atoms with van der Waals surface area (Å²) in [6.07, 6.45) is 3.69. The Morgan fingerprint density at radius 2 is 1.67 bits per heavy atom. The molecule has 6 heteroatoms. The highest BCUT2D eigenvalue weighted by atomic mass is 32.1. The van der Waals surface area contributed by atoms with E-state index in [2.05, 4.69) is 19.2 Å². The SMILES string of the molecule is Cc1ccc(NC(=S)/C(=C(/O)c2ccc3c(c2)OCCO3)[n+]2ccccc2)cc1C. The number of aromatic nitrogens is 1. The number of pyridine rings is 1. The summed E-state index contributed by atoms with van der Waals surface area (Å²) in [5.74, 6) is 1.32.